The van der Waals surface area contributed by atoms with Gasteiger partial charge in [-0.05, 0) is 61.7 Å². The first-order chi connectivity index (χ1) is 13.7. The Morgan fingerprint density at radius 2 is 1.96 bits per heavy atom. The number of anilines is 2. The molecule has 4 rings (SSSR count). The van der Waals surface area contributed by atoms with Gasteiger partial charge in [0.05, 0.1) is 0 Å². The van der Waals surface area contributed by atoms with Crippen LogP contribution in [0.1, 0.15) is 40.5 Å². The minimum absolute atomic E-state index is 0.00860. The highest BCUT2D eigenvalue weighted by Gasteiger charge is 2.26. The van der Waals surface area contributed by atoms with Gasteiger partial charge in [-0.3, -0.25) is 4.79 Å². The molecule has 0 radical (unpaired) electrons. The molecule has 6 nitrogen and oxygen atoms in total. The Morgan fingerprint density at radius 3 is 2.79 bits per heavy atom. The summed E-state index contributed by atoms with van der Waals surface area (Å²) in [6.45, 7) is 3.37. The van der Waals surface area contributed by atoms with E-state index in [4.69, 9.17) is 0 Å². The van der Waals surface area contributed by atoms with E-state index in [2.05, 4.69) is 26.3 Å². The lowest BCUT2D eigenvalue weighted by atomic mass is 9.91. The largest absolute Gasteiger partial charge is 0.337 e. The fourth-order valence-corrected chi connectivity index (χ4v) is 3.59. The predicted molar refractivity (Wildman–Crippen MR) is 109 cm³/mol. The van der Waals surface area contributed by atoms with E-state index >= 15 is 0 Å². The molecule has 0 aromatic carbocycles. The fraction of sp³-hybridized carbons (Fsp3) is 0.273. The third-order valence-corrected chi connectivity index (χ3v) is 4.99. The van der Waals surface area contributed by atoms with E-state index in [9.17, 15) is 4.79 Å². The number of amides is 1. The number of rotatable bonds is 4. The van der Waals surface area contributed by atoms with Crippen molar-refractivity contribution in [3.63, 3.8) is 0 Å². The Bertz CT molecular complexity index is 960. The Hall–Kier alpha value is -3.28. The lowest BCUT2D eigenvalue weighted by Gasteiger charge is -2.33. The molecule has 3 aromatic heterocycles. The number of nitrogens with zero attached hydrogens (tertiary/aromatic N) is 4. The maximum absolute atomic E-state index is 12.9. The molecular weight excluding hydrogens is 350 g/mol. The lowest BCUT2D eigenvalue weighted by molar-refractivity contribution is 0.0701. The second-order valence-corrected chi connectivity index (χ2v) is 7.07. The summed E-state index contributed by atoms with van der Waals surface area (Å²) in [6, 6.07) is 15.4. The van der Waals surface area contributed by atoms with Gasteiger partial charge in [-0.1, -0.05) is 12.1 Å². The molecule has 1 N–H and O–H groups in total. The van der Waals surface area contributed by atoms with E-state index in [1.807, 2.05) is 54.4 Å². The highest BCUT2D eigenvalue weighted by molar-refractivity contribution is 5.92. The standard InChI is InChI=1S/C22H23N5O/c1-16-6-4-8-19(25-16)22(28)27-13-5-7-18(15-27)17-10-12-24-21(14-17)26-20-9-2-3-11-23-20/h2-4,6,8-12,14,18H,5,7,13,15H2,1H3,(H,23,24,26). The number of aromatic nitrogens is 3. The van der Waals surface area contributed by atoms with Crippen molar-refractivity contribution in [2.45, 2.75) is 25.7 Å². The first kappa shape index (κ1) is 18.1. The van der Waals surface area contributed by atoms with Crippen LogP contribution in [-0.4, -0.2) is 38.8 Å². The molecular formula is C22H23N5O. The summed E-state index contributed by atoms with van der Waals surface area (Å²) in [5.41, 5.74) is 2.56. The number of likely N-dealkylation sites (tertiary alicyclic amines) is 1. The average Bonchev–Trinajstić information content (AvgIpc) is 2.74. The molecule has 1 atom stereocenters. The summed E-state index contributed by atoms with van der Waals surface area (Å²) in [5.74, 6) is 1.82. The van der Waals surface area contributed by atoms with Gasteiger partial charge in [0.1, 0.15) is 17.3 Å². The van der Waals surface area contributed by atoms with Crippen LogP contribution in [-0.2, 0) is 0 Å². The molecule has 6 heteroatoms. The lowest BCUT2D eigenvalue weighted by Crippen LogP contribution is -2.39. The molecule has 28 heavy (non-hydrogen) atoms. The molecule has 1 fully saturated rings. The van der Waals surface area contributed by atoms with E-state index < -0.39 is 0 Å². The number of hydrogen-bond donors (Lipinski definition) is 1. The van der Waals surface area contributed by atoms with Crippen molar-refractivity contribution in [1.82, 2.24) is 19.9 Å². The van der Waals surface area contributed by atoms with Crippen LogP contribution in [0.2, 0.25) is 0 Å². The molecule has 1 aliphatic heterocycles. The molecule has 1 unspecified atom stereocenters. The monoisotopic (exact) mass is 373 g/mol. The van der Waals surface area contributed by atoms with Crippen LogP contribution in [0.25, 0.3) is 0 Å². The summed E-state index contributed by atoms with van der Waals surface area (Å²) in [6.07, 6.45) is 5.59. The number of carbonyl (C=O) groups is 1. The van der Waals surface area contributed by atoms with Crippen LogP contribution in [0.4, 0.5) is 11.6 Å². The zero-order chi connectivity index (χ0) is 19.3. The second kappa shape index (κ2) is 8.17. The van der Waals surface area contributed by atoms with Gasteiger partial charge >= 0.3 is 0 Å². The normalized spacial score (nSPS) is 16.6. The van der Waals surface area contributed by atoms with Gasteiger partial charge < -0.3 is 10.2 Å². The minimum atomic E-state index is 0.00860. The molecule has 1 saturated heterocycles. The molecule has 0 spiro atoms. The first-order valence-corrected chi connectivity index (χ1v) is 9.56. The summed E-state index contributed by atoms with van der Waals surface area (Å²) in [4.78, 5) is 27.9. The quantitative estimate of drug-likeness (QED) is 0.750. The van der Waals surface area contributed by atoms with Gasteiger partial charge in [-0.15, -0.1) is 0 Å². The highest BCUT2D eigenvalue weighted by Crippen LogP contribution is 2.29. The number of aryl methyl sites for hydroxylation is 1. The van der Waals surface area contributed by atoms with Crippen molar-refractivity contribution < 1.29 is 4.79 Å². The smallest absolute Gasteiger partial charge is 0.272 e. The number of piperidine rings is 1. The van der Waals surface area contributed by atoms with Gasteiger partial charge in [0.25, 0.3) is 5.91 Å². The molecule has 0 aliphatic carbocycles. The average molecular weight is 373 g/mol. The highest BCUT2D eigenvalue weighted by atomic mass is 16.2. The second-order valence-electron chi connectivity index (χ2n) is 7.07. The fourth-order valence-electron chi connectivity index (χ4n) is 3.59. The number of pyridine rings is 3. The van der Waals surface area contributed by atoms with E-state index in [0.717, 1.165) is 36.7 Å². The third-order valence-electron chi connectivity index (χ3n) is 4.99. The topological polar surface area (TPSA) is 71.0 Å². The zero-order valence-corrected chi connectivity index (χ0v) is 15.9. The van der Waals surface area contributed by atoms with E-state index in [1.54, 1.807) is 12.3 Å². The van der Waals surface area contributed by atoms with Crippen molar-refractivity contribution in [1.29, 1.82) is 0 Å². The number of carbonyl (C=O) groups excluding carboxylic acids is 1. The van der Waals surface area contributed by atoms with Gasteiger partial charge in [-0.2, -0.15) is 0 Å². The molecule has 3 aromatic rings. The molecule has 0 bridgehead atoms. The zero-order valence-electron chi connectivity index (χ0n) is 15.9. The molecule has 1 aliphatic rings. The van der Waals surface area contributed by atoms with Gasteiger partial charge in [0.2, 0.25) is 0 Å². The molecule has 4 heterocycles. The number of hydrogen-bond acceptors (Lipinski definition) is 5. The van der Waals surface area contributed by atoms with Crippen LogP contribution < -0.4 is 5.32 Å². The Kier molecular flexibility index (Phi) is 5.28. The maximum Gasteiger partial charge on any atom is 0.272 e. The van der Waals surface area contributed by atoms with Gasteiger partial charge in [-0.25, -0.2) is 15.0 Å². The number of nitrogens with one attached hydrogen (secondary N) is 1. The van der Waals surface area contributed by atoms with Crippen LogP contribution >= 0.6 is 0 Å². The Labute approximate surface area is 164 Å². The van der Waals surface area contributed by atoms with Gasteiger partial charge in [0.15, 0.2) is 0 Å². The van der Waals surface area contributed by atoms with Gasteiger partial charge in [0, 0.05) is 37.1 Å². The van der Waals surface area contributed by atoms with Crippen molar-refractivity contribution in [2.75, 3.05) is 18.4 Å². The van der Waals surface area contributed by atoms with Crippen LogP contribution in [0, 0.1) is 6.92 Å². The SMILES string of the molecule is Cc1cccc(C(=O)N2CCCC(c3ccnc(Nc4ccccn4)c3)C2)n1. The van der Waals surface area contributed by atoms with Crippen molar-refractivity contribution in [2.24, 2.45) is 0 Å². The van der Waals surface area contributed by atoms with Crippen LogP contribution in [0.5, 0.6) is 0 Å². The molecule has 142 valence electrons. The first-order valence-electron chi connectivity index (χ1n) is 9.56. The third kappa shape index (κ3) is 4.17. The maximum atomic E-state index is 12.9. The Morgan fingerprint density at radius 1 is 1.07 bits per heavy atom. The Balaban J connectivity index is 1.48. The van der Waals surface area contributed by atoms with E-state index in [0.29, 0.717) is 12.2 Å². The summed E-state index contributed by atoms with van der Waals surface area (Å²) >= 11 is 0. The molecule has 0 saturated carbocycles. The minimum Gasteiger partial charge on any atom is -0.337 e. The van der Waals surface area contributed by atoms with Crippen LogP contribution in [0.3, 0.4) is 0 Å². The summed E-state index contributed by atoms with van der Waals surface area (Å²) in [5, 5.41) is 3.24. The van der Waals surface area contributed by atoms with Crippen molar-refractivity contribution >= 4 is 17.5 Å². The summed E-state index contributed by atoms with van der Waals surface area (Å²) in [7, 11) is 0. The predicted octanol–water partition coefficient (Wildman–Crippen LogP) is 3.94. The molecule has 1 amide bonds. The van der Waals surface area contributed by atoms with E-state index in [-0.39, 0.29) is 11.8 Å². The van der Waals surface area contributed by atoms with E-state index in [1.165, 1.54) is 5.56 Å². The van der Waals surface area contributed by atoms with Crippen LogP contribution in [0.15, 0.2) is 60.9 Å². The summed E-state index contributed by atoms with van der Waals surface area (Å²) < 4.78 is 0. The van der Waals surface area contributed by atoms with Crippen molar-refractivity contribution in [3.8, 4) is 0 Å². The van der Waals surface area contributed by atoms with Crippen molar-refractivity contribution in [3.05, 3.63) is 77.9 Å².